The van der Waals surface area contributed by atoms with Gasteiger partial charge in [-0.15, -0.1) is 12.4 Å². The average molecular weight is 535 g/mol. The number of methoxy groups -OCH3 is 3. The Morgan fingerprint density at radius 1 is 0.892 bits per heavy atom. The van der Waals surface area contributed by atoms with Crippen LogP contribution in [0.4, 0.5) is 5.69 Å². The summed E-state index contributed by atoms with van der Waals surface area (Å²) in [7, 11) is 4.81. The van der Waals surface area contributed by atoms with Crippen LogP contribution in [0, 0.1) is 0 Å². The van der Waals surface area contributed by atoms with Crippen molar-refractivity contribution in [3.05, 3.63) is 47.0 Å². The molecule has 5 N–H and O–H groups in total. The number of nitrogens with zero attached hydrogens (tertiary/aromatic N) is 3. The summed E-state index contributed by atoms with van der Waals surface area (Å²) in [5.74, 6) is 0.860. The number of carbonyl (C=O) groups excluding carboxylic acids is 2. The zero-order valence-electron chi connectivity index (χ0n) is 21.6. The van der Waals surface area contributed by atoms with Gasteiger partial charge in [-0.25, -0.2) is 0 Å². The van der Waals surface area contributed by atoms with Crippen LogP contribution < -0.4 is 31.0 Å². The Balaban J connectivity index is 0.00000481. The number of benzene rings is 2. The summed E-state index contributed by atoms with van der Waals surface area (Å²) in [5.41, 5.74) is 13.5. The number of hydrogen-bond donors (Lipinski definition) is 3. The van der Waals surface area contributed by atoms with E-state index in [2.05, 4.69) is 20.1 Å². The minimum atomic E-state index is -0.528. The van der Waals surface area contributed by atoms with Crippen LogP contribution in [-0.4, -0.2) is 75.1 Å². The van der Waals surface area contributed by atoms with Crippen molar-refractivity contribution in [1.29, 1.82) is 0 Å². The highest BCUT2D eigenvalue weighted by atomic mass is 35.5. The van der Waals surface area contributed by atoms with E-state index < -0.39 is 5.91 Å². The Kier molecular flexibility index (Phi) is 11.0. The van der Waals surface area contributed by atoms with Crippen LogP contribution >= 0.6 is 12.4 Å². The van der Waals surface area contributed by atoms with E-state index in [0.29, 0.717) is 41.6 Å². The van der Waals surface area contributed by atoms with E-state index >= 15 is 0 Å². The Labute approximate surface area is 223 Å². The number of piperazine rings is 1. The zero-order valence-corrected chi connectivity index (χ0v) is 22.4. The summed E-state index contributed by atoms with van der Waals surface area (Å²) in [5, 5.41) is 2.84. The fourth-order valence-electron chi connectivity index (χ4n) is 4.23. The molecule has 11 nitrogen and oxygen atoms in total. The summed E-state index contributed by atoms with van der Waals surface area (Å²) in [6.45, 7) is 5.99. The third kappa shape index (κ3) is 7.72. The van der Waals surface area contributed by atoms with Crippen LogP contribution in [0.25, 0.3) is 0 Å². The molecule has 2 aromatic rings. The summed E-state index contributed by atoms with van der Waals surface area (Å²) in [6.07, 6.45) is 0. The number of halogens is 1. The van der Waals surface area contributed by atoms with Crippen molar-refractivity contribution < 1.29 is 23.8 Å². The van der Waals surface area contributed by atoms with Crippen LogP contribution in [0.5, 0.6) is 17.2 Å². The zero-order chi connectivity index (χ0) is 26.2. The van der Waals surface area contributed by atoms with Gasteiger partial charge in [0.2, 0.25) is 11.7 Å². The lowest BCUT2D eigenvalue weighted by Crippen LogP contribution is -2.45. The smallest absolute Gasteiger partial charge is 0.280 e. The number of rotatable bonds is 9. The highest BCUT2D eigenvalue weighted by molar-refractivity contribution is 6.02. The first-order valence-corrected chi connectivity index (χ1v) is 11.5. The van der Waals surface area contributed by atoms with Crippen LogP contribution in [0.1, 0.15) is 28.4 Å². The molecule has 1 heterocycles. The molecule has 1 saturated heterocycles. The molecule has 2 aromatic carbocycles. The van der Waals surface area contributed by atoms with Crippen molar-refractivity contribution in [3.63, 3.8) is 0 Å². The molecule has 12 heteroatoms. The predicted molar refractivity (Wildman–Crippen MR) is 145 cm³/mol. The quantitative estimate of drug-likeness (QED) is 0.324. The predicted octanol–water partition coefficient (Wildman–Crippen LogP) is 1.82. The molecule has 0 saturated carbocycles. The Morgan fingerprint density at radius 2 is 1.49 bits per heavy atom. The minimum absolute atomic E-state index is 0. The van der Waals surface area contributed by atoms with Gasteiger partial charge in [0.25, 0.3) is 5.91 Å². The van der Waals surface area contributed by atoms with Crippen molar-refractivity contribution in [2.24, 2.45) is 16.5 Å². The fourth-order valence-corrected chi connectivity index (χ4v) is 4.23. The largest absolute Gasteiger partial charge is 0.493 e. The SMILES string of the molecule is COc1ccc(CN2CCN(Cc3cc(C(=O)N=C(N)N)ccc3NC(C)=O)CC2)c(OC)c1OC.Cl. The van der Waals surface area contributed by atoms with E-state index in [9.17, 15) is 9.59 Å². The van der Waals surface area contributed by atoms with Gasteiger partial charge in [0.05, 0.1) is 21.3 Å². The molecule has 1 aliphatic rings. The molecule has 0 radical (unpaired) electrons. The summed E-state index contributed by atoms with van der Waals surface area (Å²) in [4.78, 5) is 32.2. The Bertz CT molecular complexity index is 1130. The number of nitrogens with two attached hydrogens (primary N) is 2. The van der Waals surface area contributed by atoms with Crippen LogP contribution in [0.15, 0.2) is 35.3 Å². The third-order valence-electron chi connectivity index (χ3n) is 5.93. The monoisotopic (exact) mass is 534 g/mol. The molecule has 0 spiro atoms. The van der Waals surface area contributed by atoms with Gasteiger partial charge in [0, 0.05) is 63.0 Å². The molecule has 0 aliphatic carbocycles. The van der Waals surface area contributed by atoms with Gasteiger partial charge in [-0.3, -0.25) is 19.4 Å². The van der Waals surface area contributed by atoms with Crippen LogP contribution in [0.3, 0.4) is 0 Å². The lowest BCUT2D eigenvalue weighted by Gasteiger charge is -2.35. The number of ether oxygens (including phenoxy) is 3. The first-order chi connectivity index (χ1) is 17.2. The molecule has 0 bridgehead atoms. The number of nitrogens with one attached hydrogen (secondary N) is 1. The molecule has 37 heavy (non-hydrogen) atoms. The Hall–Kier alpha value is -3.54. The van der Waals surface area contributed by atoms with E-state index in [1.54, 1.807) is 39.5 Å². The molecule has 0 atom stereocenters. The maximum Gasteiger partial charge on any atom is 0.280 e. The molecule has 3 rings (SSSR count). The van der Waals surface area contributed by atoms with Crippen LogP contribution in [0.2, 0.25) is 0 Å². The molecule has 0 unspecified atom stereocenters. The van der Waals surface area contributed by atoms with Crippen molar-refractivity contribution in [1.82, 2.24) is 9.80 Å². The molecular formula is C25H35ClN6O5. The normalized spacial score (nSPS) is 13.7. The van der Waals surface area contributed by atoms with E-state index in [-0.39, 0.29) is 24.3 Å². The first kappa shape index (κ1) is 29.7. The van der Waals surface area contributed by atoms with Crippen LogP contribution in [-0.2, 0) is 17.9 Å². The summed E-state index contributed by atoms with van der Waals surface area (Å²) >= 11 is 0. The summed E-state index contributed by atoms with van der Waals surface area (Å²) < 4.78 is 16.5. The van der Waals surface area contributed by atoms with Crippen molar-refractivity contribution in [2.45, 2.75) is 20.0 Å². The van der Waals surface area contributed by atoms with Gasteiger partial charge >= 0.3 is 0 Å². The van der Waals surface area contributed by atoms with Gasteiger partial charge in [0.15, 0.2) is 17.5 Å². The van der Waals surface area contributed by atoms with E-state index in [0.717, 1.165) is 37.3 Å². The molecule has 2 amide bonds. The second-order valence-electron chi connectivity index (χ2n) is 8.44. The van der Waals surface area contributed by atoms with Gasteiger partial charge in [0.1, 0.15) is 0 Å². The third-order valence-corrected chi connectivity index (χ3v) is 5.93. The van der Waals surface area contributed by atoms with Crippen molar-refractivity contribution in [2.75, 3.05) is 52.8 Å². The van der Waals surface area contributed by atoms with Gasteiger partial charge in [-0.05, 0) is 29.8 Å². The van der Waals surface area contributed by atoms with E-state index in [4.69, 9.17) is 25.7 Å². The molecule has 1 aliphatic heterocycles. The maximum absolute atomic E-state index is 12.3. The van der Waals surface area contributed by atoms with Crippen molar-refractivity contribution in [3.8, 4) is 17.2 Å². The lowest BCUT2D eigenvalue weighted by atomic mass is 10.1. The molecular weight excluding hydrogens is 500 g/mol. The standard InChI is InChI=1S/C25H34N6O5.ClH/c1-16(32)28-20-7-5-17(24(33)29-25(26)27)13-19(20)15-31-11-9-30(10-12-31)14-18-6-8-21(34-2)23(36-4)22(18)35-3;/h5-8,13H,9-12,14-15H2,1-4H3,(H,28,32)(H4,26,27,29,33);1H. The number of amides is 2. The van der Waals surface area contributed by atoms with E-state index in [1.807, 2.05) is 12.1 Å². The second kappa shape index (κ2) is 13.7. The highest BCUT2D eigenvalue weighted by Gasteiger charge is 2.22. The topological polar surface area (TPSA) is 145 Å². The number of anilines is 1. The first-order valence-electron chi connectivity index (χ1n) is 11.5. The maximum atomic E-state index is 12.3. The minimum Gasteiger partial charge on any atom is -0.493 e. The lowest BCUT2D eigenvalue weighted by molar-refractivity contribution is -0.114. The number of carbonyl (C=O) groups is 2. The molecule has 202 valence electrons. The van der Waals surface area contributed by atoms with Gasteiger partial charge in [-0.1, -0.05) is 6.07 Å². The highest BCUT2D eigenvalue weighted by Crippen LogP contribution is 2.40. The van der Waals surface area contributed by atoms with Gasteiger partial charge in [-0.2, -0.15) is 4.99 Å². The Morgan fingerprint density at radius 3 is 2.00 bits per heavy atom. The van der Waals surface area contributed by atoms with Gasteiger partial charge < -0.3 is 31.0 Å². The number of hydrogen-bond acceptors (Lipinski definition) is 7. The van der Waals surface area contributed by atoms with E-state index in [1.165, 1.54) is 6.92 Å². The second-order valence-corrected chi connectivity index (χ2v) is 8.44. The molecule has 1 fully saturated rings. The average Bonchev–Trinajstić information content (AvgIpc) is 2.85. The number of guanidine groups is 1. The molecule has 0 aromatic heterocycles. The fraction of sp³-hybridized carbons (Fsp3) is 0.400. The number of aliphatic imine (C=N–C) groups is 1. The van der Waals surface area contributed by atoms with Crippen molar-refractivity contribution >= 4 is 35.9 Å². The summed E-state index contributed by atoms with van der Waals surface area (Å²) in [6, 6.07) is 8.89.